The van der Waals surface area contributed by atoms with Crippen LogP contribution in [0.4, 0.5) is 13.2 Å². The lowest BCUT2D eigenvalue weighted by atomic mass is 10.1. The number of hydroxylamine groups is 2. The SMILES string of the molecule is COC[C@@H]1[C@H](c2ccccc2)[C@]1(NS(=O)(=O)c1ccc(-c2cc(C(F)(F)F)on2)s1)C(=O)N(C)OC. The number of alkyl halides is 3. The Morgan fingerprint density at radius 2 is 1.92 bits per heavy atom. The fourth-order valence-corrected chi connectivity index (χ4v) is 6.92. The number of nitrogens with one attached hydrogen (secondary N) is 1. The Hall–Kier alpha value is -2.78. The summed E-state index contributed by atoms with van der Waals surface area (Å²) >= 11 is 0.695. The van der Waals surface area contributed by atoms with Crippen LogP contribution in [0.5, 0.6) is 0 Å². The first-order valence-corrected chi connectivity index (χ1v) is 12.8. The van der Waals surface area contributed by atoms with E-state index in [1.165, 1.54) is 33.4 Å². The van der Waals surface area contributed by atoms with Gasteiger partial charge in [-0.25, -0.2) is 13.5 Å². The van der Waals surface area contributed by atoms with Crippen LogP contribution in [0.2, 0.25) is 0 Å². The molecule has 1 saturated carbocycles. The van der Waals surface area contributed by atoms with Crippen molar-refractivity contribution in [1.82, 2.24) is 14.9 Å². The van der Waals surface area contributed by atoms with Crippen LogP contribution in [0.15, 0.2) is 57.3 Å². The molecule has 1 aliphatic rings. The zero-order valence-corrected chi connectivity index (χ0v) is 20.9. The molecule has 1 N–H and O–H groups in total. The molecule has 14 heteroatoms. The summed E-state index contributed by atoms with van der Waals surface area (Å²) in [5, 5.41) is 4.34. The molecule has 1 fully saturated rings. The zero-order valence-electron chi connectivity index (χ0n) is 19.3. The van der Waals surface area contributed by atoms with Gasteiger partial charge in [0.1, 0.15) is 15.4 Å². The molecule has 1 aromatic carbocycles. The molecule has 0 bridgehead atoms. The molecule has 194 valence electrons. The highest BCUT2D eigenvalue weighted by Gasteiger charge is 2.72. The van der Waals surface area contributed by atoms with E-state index in [0.29, 0.717) is 17.4 Å². The van der Waals surface area contributed by atoms with Crippen molar-refractivity contribution in [1.29, 1.82) is 0 Å². The van der Waals surface area contributed by atoms with E-state index in [1.807, 2.05) is 0 Å². The Balaban J connectivity index is 1.70. The molecular formula is C22H22F3N3O6S2. The monoisotopic (exact) mass is 545 g/mol. The quantitative estimate of drug-likeness (QED) is 0.410. The van der Waals surface area contributed by atoms with Crippen LogP contribution in [0.25, 0.3) is 10.6 Å². The number of hydrogen-bond donors (Lipinski definition) is 1. The number of benzene rings is 1. The molecular weight excluding hydrogens is 523 g/mol. The Kier molecular flexibility index (Phi) is 7.00. The second-order valence-electron chi connectivity index (χ2n) is 8.10. The van der Waals surface area contributed by atoms with Gasteiger partial charge in [-0.15, -0.1) is 11.3 Å². The number of sulfonamides is 1. The third-order valence-electron chi connectivity index (χ3n) is 5.98. The van der Waals surface area contributed by atoms with Gasteiger partial charge in [0.2, 0.25) is 5.76 Å². The van der Waals surface area contributed by atoms with Gasteiger partial charge in [0.15, 0.2) is 0 Å². The second-order valence-corrected chi connectivity index (χ2v) is 11.1. The zero-order chi connectivity index (χ0) is 26.3. The van der Waals surface area contributed by atoms with E-state index in [9.17, 15) is 26.4 Å². The normalized spacial score (nSPS) is 21.9. The molecule has 1 aliphatic carbocycles. The van der Waals surface area contributed by atoms with E-state index >= 15 is 0 Å². The summed E-state index contributed by atoms with van der Waals surface area (Å²) < 4.78 is 77.5. The van der Waals surface area contributed by atoms with Gasteiger partial charge in [0.05, 0.1) is 18.6 Å². The molecule has 1 amide bonds. The Morgan fingerprint density at radius 1 is 1.22 bits per heavy atom. The van der Waals surface area contributed by atoms with Crippen LogP contribution >= 0.6 is 11.3 Å². The molecule has 0 aliphatic heterocycles. The van der Waals surface area contributed by atoms with Crippen molar-refractivity contribution in [3.05, 3.63) is 59.9 Å². The van der Waals surface area contributed by atoms with Gasteiger partial charge >= 0.3 is 6.18 Å². The first kappa shape index (κ1) is 26.3. The van der Waals surface area contributed by atoms with E-state index in [-0.39, 0.29) is 21.4 Å². The van der Waals surface area contributed by atoms with Crippen LogP contribution in [0, 0.1) is 5.92 Å². The molecule has 0 saturated heterocycles. The highest BCUT2D eigenvalue weighted by molar-refractivity contribution is 7.91. The van der Waals surface area contributed by atoms with Crippen LogP contribution in [-0.2, 0) is 30.6 Å². The minimum atomic E-state index is -4.73. The number of rotatable bonds is 9. The maximum Gasteiger partial charge on any atom is 0.452 e. The van der Waals surface area contributed by atoms with Gasteiger partial charge in [-0.2, -0.15) is 17.9 Å². The summed E-state index contributed by atoms with van der Waals surface area (Å²) in [4.78, 5) is 18.7. The fraction of sp³-hybridized carbons (Fsp3) is 0.364. The fourth-order valence-electron chi connectivity index (χ4n) is 4.24. The average molecular weight is 546 g/mol. The molecule has 0 radical (unpaired) electrons. The Labute approximate surface area is 208 Å². The van der Waals surface area contributed by atoms with Gasteiger partial charge in [-0.1, -0.05) is 35.5 Å². The van der Waals surface area contributed by atoms with Crippen LogP contribution in [-0.4, -0.2) is 58.0 Å². The number of likely N-dealkylation sites (N-methyl/N-ethyl adjacent to an activating group) is 1. The molecule has 0 unspecified atom stereocenters. The van der Waals surface area contributed by atoms with Gasteiger partial charge in [0, 0.05) is 32.1 Å². The smallest absolute Gasteiger partial charge is 0.384 e. The summed E-state index contributed by atoms with van der Waals surface area (Å²) in [7, 11) is -0.215. The predicted octanol–water partition coefficient (Wildman–Crippen LogP) is 3.52. The largest absolute Gasteiger partial charge is 0.452 e. The third-order valence-corrected chi connectivity index (χ3v) is 9.06. The average Bonchev–Trinajstić information content (AvgIpc) is 3.26. The van der Waals surface area contributed by atoms with Crippen molar-refractivity contribution in [3.8, 4) is 10.6 Å². The number of carbonyl (C=O) groups excluding carboxylic acids is 1. The Bertz CT molecular complexity index is 1340. The van der Waals surface area contributed by atoms with Crippen molar-refractivity contribution >= 4 is 27.3 Å². The lowest BCUT2D eigenvalue weighted by Gasteiger charge is -2.24. The maximum atomic E-state index is 13.5. The van der Waals surface area contributed by atoms with E-state index in [2.05, 4.69) is 14.4 Å². The third kappa shape index (κ3) is 4.66. The lowest BCUT2D eigenvalue weighted by Crippen LogP contribution is -2.51. The molecule has 36 heavy (non-hydrogen) atoms. The van der Waals surface area contributed by atoms with Gasteiger partial charge in [-0.05, 0) is 17.7 Å². The molecule has 9 nitrogen and oxygen atoms in total. The van der Waals surface area contributed by atoms with Crippen molar-refractivity contribution in [2.24, 2.45) is 5.92 Å². The first-order valence-electron chi connectivity index (χ1n) is 10.5. The number of hydrogen-bond acceptors (Lipinski definition) is 8. The molecule has 2 heterocycles. The van der Waals surface area contributed by atoms with Crippen LogP contribution in [0.3, 0.4) is 0 Å². The lowest BCUT2D eigenvalue weighted by molar-refractivity contribution is -0.172. The predicted molar refractivity (Wildman–Crippen MR) is 122 cm³/mol. The van der Waals surface area contributed by atoms with E-state index < -0.39 is 45.2 Å². The number of nitrogens with zero attached hydrogens (tertiary/aromatic N) is 2. The minimum absolute atomic E-state index is 0.0836. The summed E-state index contributed by atoms with van der Waals surface area (Å²) in [5.74, 6) is -3.02. The highest BCUT2D eigenvalue weighted by Crippen LogP contribution is 2.59. The van der Waals surface area contributed by atoms with Crippen molar-refractivity contribution in [3.63, 3.8) is 0 Å². The highest BCUT2D eigenvalue weighted by atomic mass is 32.2. The number of halogens is 3. The number of methoxy groups -OCH3 is 1. The van der Waals surface area contributed by atoms with E-state index in [1.54, 1.807) is 30.3 Å². The minimum Gasteiger partial charge on any atom is -0.384 e. The molecule has 3 atom stereocenters. The number of thiophene rings is 1. The second kappa shape index (κ2) is 9.59. The summed E-state index contributed by atoms with van der Waals surface area (Å²) in [6.07, 6.45) is -4.73. The number of amides is 1. The summed E-state index contributed by atoms with van der Waals surface area (Å²) in [6, 6.07) is 12.2. The molecule has 3 aromatic rings. The van der Waals surface area contributed by atoms with Crippen LogP contribution in [0.1, 0.15) is 17.2 Å². The number of carbonyl (C=O) groups is 1. The molecule has 4 rings (SSSR count). The maximum absolute atomic E-state index is 13.5. The van der Waals surface area contributed by atoms with Gasteiger partial charge in [-0.3, -0.25) is 9.63 Å². The topological polar surface area (TPSA) is 111 Å². The standard InChI is InChI=1S/C22H22F3N3O6S2/c1-28(33-3)20(29)21(14(12-32-2)19(21)13-7-5-4-6-8-13)27-36(30,31)18-10-9-16(35-18)15-11-17(34-26-15)22(23,24)25/h4-11,14,19,27H,12H2,1-3H3/t14-,19+,21+/m1/s1. The summed E-state index contributed by atoms with van der Waals surface area (Å²) in [6.45, 7) is 0.0836. The van der Waals surface area contributed by atoms with E-state index in [4.69, 9.17) is 9.57 Å². The van der Waals surface area contributed by atoms with Crippen molar-refractivity contribution in [2.45, 2.75) is 21.8 Å². The molecule has 2 aromatic heterocycles. The number of ether oxygens (including phenoxy) is 1. The molecule has 0 spiro atoms. The number of aromatic nitrogens is 1. The first-order chi connectivity index (χ1) is 17.0. The van der Waals surface area contributed by atoms with Gasteiger partial charge in [0.25, 0.3) is 15.9 Å². The van der Waals surface area contributed by atoms with Crippen molar-refractivity contribution < 1.29 is 40.5 Å². The Morgan fingerprint density at radius 3 is 2.50 bits per heavy atom. The van der Waals surface area contributed by atoms with Crippen molar-refractivity contribution in [2.75, 3.05) is 27.9 Å². The van der Waals surface area contributed by atoms with Gasteiger partial charge < -0.3 is 9.26 Å². The van der Waals surface area contributed by atoms with Crippen LogP contribution < -0.4 is 4.72 Å². The van der Waals surface area contributed by atoms with E-state index in [0.717, 1.165) is 10.6 Å². The summed E-state index contributed by atoms with van der Waals surface area (Å²) in [5.41, 5.74) is -1.04.